The summed E-state index contributed by atoms with van der Waals surface area (Å²) < 4.78 is 2.40. The van der Waals surface area contributed by atoms with E-state index in [1.54, 1.807) is 0 Å². The van der Waals surface area contributed by atoms with Gasteiger partial charge in [-0.15, -0.1) is 11.3 Å². The lowest BCUT2D eigenvalue weighted by Gasteiger charge is -2.26. The van der Waals surface area contributed by atoms with Crippen molar-refractivity contribution in [1.29, 1.82) is 0 Å². The van der Waals surface area contributed by atoms with E-state index in [1.807, 2.05) is 23.5 Å². The number of allylic oxidation sites excluding steroid dienone is 4. The molecule has 0 fully saturated rings. The van der Waals surface area contributed by atoms with E-state index in [2.05, 4.69) is 319 Å². The quantitative estimate of drug-likeness (QED) is 0.0986. The molecule has 0 aliphatic heterocycles. The second-order valence-corrected chi connectivity index (χ2v) is 20.8. The average Bonchev–Trinajstić information content (AvgIpc) is 4.22. The van der Waals surface area contributed by atoms with Crippen LogP contribution in [0.3, 0.4) is 0 Å². The average molecular weight is 1030 g/mol. The first-order valence-electron chi connectivity index (χ1n) is 26.8. The highest BCUT2D eigenvalue weighted by molar-refractivity contribution is 7.18. The summed E-state index contributed by atoms with van der Waals surface area (Å²) in [5.74, 6) is 0. The number of para-hydroxylation sites is 1. The molecule has 2 aromatic heterocycles. The van der Waals surface area contributed by atoms with Crippen molar-refractivity contribution in [3.8, 4) is 71.1 Å². The van der Waals surface area contributed by atoms with Crippen LogP contribution in [0.15, 0.2) is 316 Å². The van der Waals surface area contributed by atoms with Crippen LogP contribution in [0.5, 0.6) is 0 Å². The number of benzene rings is 11. The molecule has 0 amide bonds. The molecule has 374 valence electrons. The van der Waals surface area contributed by atoms with Crippen LogP contribution in [-0.4, -0.2) is 4.57 Å². The summed E-state index contributed by atoms with van der Waals surface area (Å²) in [6.45, 7) is 4.16. The maximum Gasteiger partial charge on any atom is 0.0541 e. The zero-order chi connectivity index (χ0) is 52.9. The van der Waals surface area contributed by atoms with Crippen LogP contribution in [0.1, 0.15) is 11.1 Å². The third-order valence-corrected chi connectivity index (χ3v) is 16.1. The number of rotatable bonds is 14. The molecule has 11 aromatic carbocycles. The Morgan fingerprint density at radius 2 is 0.759 bits per heavy atom. The van der Waals surface area contributed by atoms with Crippen molar-refractivity contribution < 1.29 is 0 Å². The fourth-order valence-corrected chi connectivity index (χ4v) is 11.8. The smallest absolute Gasteiger partial charge is 0.0541 e. The Morgan fingerprint density at radius 1 is 0.354 bits per heavy atom. The van der Waals surface area contributed by atoms with Gasteiger partial charge in [0.25, 0.3) is 0 Å². The number of hydrogen-bond acceptors (Lipinski definition) is 2. The second kappa shape index (κ2) is 21.9. The molecule has 0 saturated heterocycles. The number of thiophene rings is 1. The summed E-state index contributed by atoms with van der Waals surface area (Å²) in [6.07, 6.45) is 8.25. The van der Waals surface area contributed by atoms with Gasteiger partial charge in [-0.2, -0.15) is 0 Å². The maximum absolute atomic E-state index is 4.16. The van der Waals surface area contributed by atoms with Crippen molar-refractivity contribution in [2.45, 2.75) is 0 Å². The lowest BCUT2D eigenvalue weighted by molar-refractivity contribution is 1.18. The monoisotopic (exact) mass is 1030 g/mol. The Labute approximate surface area is 466 Å². The molecular weight excluding hydrogens is 973 g/mol. The van der Waals surface area contributed by atoms with E-state index in [9.17, 15) is 0 Å². The van der Waals surface area contributed by atoms with Crippen molar-refractivity contribution in [2.24, 2.45) is 0 Å². The third-order valence-electron chi connectivity index (χ3n) is 14.9. The predicted octanol–water partition coefficient (Wildman–Crippen LogP) is 21.6. The predicted molar refractivity (Wildman–Crippen MR) is 340 cm³/mol. The molecule has 0 spiro atoms. The molecule has 0 aliphatic carbocycles. The Balaban J connectivity index is 0.777. The fraction of sp³-hybridized carbons (Fsp3) is 0. The number of anilines is 3. The molecular formula is C76H54N2S. The normalized spacial score (nSPS) is 11.6. The molecule has 13 rings (SSSR count). The van der Waals surface area contributed by atoms with E-state index >= 15 is 0 Å². The second-order valence-electron chi connectivity index (χ2n) is 19.8. The van der Waals surface area contributed by atoms with Crippen LogP contribution in [-0.2, 0) is 0 Å². The number of nitrogens with zero attached hydrogens (tertiary/aromatic N) is 2. The van der Waals surface area contributed by atoms with E-state index in [4.69, 9.17) is 0 Å². The largest absolute Gasteiger partial charge is 0.311 e. The van der Waals surface area contributed by atoms with Crippen LogP contribution in [0.2, 0.25) is 0 Å². The van der Waals surface area contributed by atoms with Gasteiger partial charge in [0.2, 0.25) is 0 Å². The summed E-state index contributed by atoms with van der Waals surface area (Å²) in [5.41, 5.74) is 22.0. The van der Waals surface area contributed by atoms with Gasteiger partial charge in [-0.25, -0.2) is 0 Å². The minimum atomic E-state index is 1.06. The van der Waals surface area contributed by atoms with Gasteiger partial charge in [0.05, 0.1) is 11.0 Å². The topological polar surface area (TPSA) is 8.17 Å². The van der Waals surface area contributed by atoms with Crippen molar-refractivity contribution in [3.05, 3.63) is 327 Å². The van der Waals surface area contributed by atoms with E-state index in [-0.39, 0.29) is 0 Å². The lowest BCUT2D eigenvalue weighted by atomic mass is 10.00. The maximum atomic E-state index is 4.16. The van der Waals surface area contributed by atoms with Gasteiger partial charge in [-0.05, 0) is 151 Å². The molecule has 0 radical (unpaired) electrons. The SMILES string of the molecule is C=C/C(=C\C=C\c1ccccc1)c1ccc(N(c2ccc(-c3ccc(-c4ccccc4)cc3)cc2)c2ccc(-c3ccc(-n4c5ccccc5c5cc(-c6ccc(-c7ccc(-c8ccccc8)s7)cc6)ccc54)cc3)cc2)cc1. The summed E-state index contributed by atoms with van der Waals surface area (Å²) in [5, 5.41) is 2.48. The fourth-order valence-electron chi connectivity index (χ4n) is 10.8. The summed E-state index contributed by atoms with van der Waals surface area (Å²) in [4.78, 5) is 4.89. The molecule has 0 N–H and O–H groups in total. The summed E-state index contributed by atoms with van der Waals surface area (Å²) in [6, 6.07) is 105. The number of aromatic nitrogens is 1. The standard InChI is InChI=1S/C76H54N2S/c1-2-55(22-14-17-54-15-6-3-7-16-54)57-33-42-67(43-34-57)77(68-44-35-60(36-45-68)59-27-25-58(26-28-59)56-18-8-4-9-19-56)69-46-37-61(38-47-69)62-39-48-70(49-40-62)78-73-24-13-12-23-71(73)72-53-66(41-50-74(72)78)63-29-31-65(32-30-63)76-52-51-75(79-76)64-20-10-5-11-21-64/h2-53H,1H2/b17-14+,55-22+. The van der Waals surface area contributed by atoms with Crippen LogP contribution in [0.25, 0.3) is 105 Å². The molecule has 0 unspecified atom stereocenters. The number of hydrogen-bond donors (Lipinski definition) is 0. The van der Waals surface area contributed by atoms with Crippen molar-refractivity contribution >= 4 is 61.9 Å². The highest BCUT2D eigenvalue weighted by atomic mass is 32.1. The Kier molecular flexibility index (Phi) is 13.5. The van der Waals surface area contributed by atoms with Crippen LogP contribution in [0, 0.1) is 0 Å². The Morgan fingerprint density at radius 3 is 1.32 bits per heavy atom. The zero-order valence-electron chi connectivity index (χ0n) is 43.5. The molecule has 0 aliphatic rings. The van der Waals surface area contributed by atoms with Crippen molar-refractivity contribution in [1.82, 2.24) is 4.57 Å². The van der Waals surface area contributed by atoms with Crippen molar-refractivity contribution in [3.63, 3.8) is 0 Å². The molecule has 13 aromatic rings. The van der Waals surface area contributed by atoms with Crippen molar-refractivity contribution in [2.75, 3.05) is 4.90 Å². The van der Waals surface area contributed by atoms with Crippen LogP contribution in [0.4, 0.5) is 17.1 Å². The van der Waals surface area contributed by atoms with Gasteiger partial charge in [-0.3, -0.25) is 0 Å². The first-order chi connectivity index (χ1) is 39.1. The van der Waals surface area contributed by atoms with E-state index in [0.717, 1.165) is 50.6 Å². The third kappa shape index (κ3) is 10.1. The van der Waals surface area contributed by atoms with Gasteiger partial charge in [-0.1, -0.05) is 243 Å². The molecule has 2 nitrogen and oxygen atoms in total. The van der Waals surface area contributed by atoms with E-state index in [1.165, 1.54) is 76.1 Å². The van der Waals surface area contributed by atoms with Crippen LogP contribution < -0.4 is 4.90 Å². The van der Waals surface area contributed by atoms with E-state index < -0.39 is 0 Å². The molecule has 79 heavy (non-hydrogen) atoms. The van der Waals surface area contributed by atoms with Crippen LogP contribution >= 0.6 is 11.3 Å². The molecule has 0 atom stereocenters. The zero-order valence-corrected chi connectivity index (χ0v) is 44.3. The summed E-state index contributed by atoms with van der Waals surface area (Å²) >= 11 is 1.84. The van der Waals surface area contributed by atoms with Gasteiger partial charge in [0, 0.05) is 43.3 Å². The Bertz CT molecular complexity index is 4280. The molecule has 0 bridgehead atoms. The minimum absolute atomic E-state index is 1.06. The Hall–Kier alpha value is -10.1. The highest BCUT2D eigenvalue weighted by Crippen LogP contribution is 2.41. The molecule has 3 heteroatoms. The molecule has 2 heterocycles. The summed E-state index contributed by atoms with van der Waals surface area (Å²) in [7, 11) is 0. The first kappa shape index (κ1) is 48.6. The highest BCUT2D eigenvalue weighted by Gasteiger charge is 2.17. The van der Waals surface area contributed by atoms with Gasteiger partial charge in [0.15, 0.2) is 0 Å². The van der Waals surface area contributed by atoms with Gasteiger partial charge < -0.3 is 9.47 Å². The number of fused-ring (bicyclic) bond motifs is 3. The lowest BCUT2D eigenvalue weighted by Crippen LogP contribution is -2.10. The van der Waals surface area contributed by atoms with Gasteiger partial charge >= 0.3 is 0 Å². The van der Waals surface area contributed by atoms with Gasteiger partial charge in [0.1, 0.15) is 0 Å². The first-order valence-corrected chi connectivity index (χ1v) is 27.6. The minimum Gasteiger partial charge on any atom is -0.311 e. The molecule has 0 saturated carbocycles. The van der Waals surface area contributed by atoms with E-state index in [0.29, 0.717) is 0 Å².